The lowest BCUT2D eigenvalue weighted by molar-refractivity contribution is 0.00199. The Labute approximate surface area is 85.6 Å². The Kier molecular flexibility index (Phi) is 3.28. The molecule has 0 atom stereocenters. The van der Waals surface area contributed by atoms with Crippen molar-refractivity contribution in [1.82, 2.24) is 0 Å². The molecule has 0 bridgehead atoms. The standard InChI is InChI=1S/C12H16NO/c1-10-7-5-6-8-11(10)9-13-14-12(2,3)4/h5-8H,1-4H3. The van der Waals surface area contributed by atoms with Gasteiger partial charge in [0.2, 0.25) is 0 Å². The van der Waals surface area contributed by atoms with E-state index in [1.165, 1.54) is 0 Å². The molecule has 1 rings (SSSR count). The molecule has 0 spiro atoms. The molecule has 0 saturated heterocycles. The van der Waals surface area contributed by atoms with Crippen LogP contribution in [0.25, 0.3) is 0 Å². The van der Waals surface area contributed by atoms with E-state index in [-0.39, 0.29) is 5.60 Å². The van der Waals surface area contributed by atoms with Gasteiger partial charge in [0.05, 0.1) is 0 Å². The number of hydrogen-bond acceptors (Lipinski definition) is 2. The second-order valence-electron chi connectivity index (χ2n) is 4.22. The van der Waals surface area contributed by atoms with Crippen molar-refractivity contribution in [2.75, 3.05) is 0 Å². The summed E-state index contributed by atoms with van der Waals surface area (Å²) in [5.41, 5.74) is 1.86. The molecule has 1 radical (unpaired) electrons. The van der Waals surface area contributed by atoms with Crippen LogP contribution >= 0.6 is 0 Å². The van der Waals surface area contributed by atoms with Gasteiger partial charge in [-0.3, -0.25) is 0 Å². The van der Waals surface area contributed by atoms with Gasteiger partial charge in [0.15, 0.2) is 0 Å². The maximum Gasteiger partial charge on any atom is 0.139 e. The van der Waals surface area contributed by atoms with E-state index in [2.05, 4.69) is 11.4 Å². The predicted molar refractivity (Wildman–Crippen MR) is 58.6 cm³/mol. The van der Waals surface area contributed by atoms with Crippen molar-refractivity contribution < 1.29 is 4.84 Å². The van der Waals surface area contributed by atoms with Crippen LogP contribution in [0.2, 0.25) is 0 Å². The first kappa shape index (κ1) is 10.8. The third-order valence-corrected chi connectivity index (χ3v) is 1.63. The number of benzene rings is 1. The molecule has 0 aliphatic heterocycles. The number of aryl methyl sites for hydroxylation is 1. The van der Waals surface area contributed by atoms with Crippen molar-refractivity contribution in [3.8, 4) is 0 Å². The minimum Gasteiger partial charge on any atom is -0.390 e. The molecule has 0 aromatic heterocycles. The number of nitrogens with zero attached hydrogens (tertiary/aromatic N) is 1. The van der Waals surface area contributed by atoms with Crippen LogP contribution in [-0.2, 0) is 4.84 Å². The van der Waals surface area contributed by atoms with Gasteiger partial charge in [0, 0.05) is 5.56 Å². The van der Waals surface area contributed by atoms with Gasteiger partial charge < -0.3 is 4.84 Å². The van der Waals surface area contributed by atoms with E-state index in [4.69, 9.17) is 4.84 Å². The molecule has 0 aliphatic carbocycles. The zero-order valence-electron chi connectivity index (χ0n) is 9.16. The molecule has 0 aliphatic rings. The Morgan fingerprint density at radius 1 is 1.21 bits per heavy atom. The van der Waals surface area contributed by atoms with Crippen molar-refractivity contribution in [2.24, 2.45) is 5.16 Å². The van der Waals surface area contributed by atoms with E-state index in [0.717, 1.165) is 11.1 Å². The third kappa shape index (κ3) is 3.60. The van der Waals surface area contributed by atoms with E-state index in [1.54, 1.807) is 0 Å². The van der Waals surface area contributed by atoms with Gasteiger partial charge in [0.1, 0.15) is 11.8 Å². The van der Waals surface area contributed by atoms with Gasteiger partial charge in [-0.05, 0) is 33.3 Å². The van der Waals surface area contributed by atoms with Crippen molar-refractivity contribution in [2.45, 2.75) is 33.3 Å². The summed E-state index contributed by atoms with van der Waals surface area (Å²) in [6, 6.07) is 7.94. The van der Waals surface area contributed by atoms with E-state index in [0.29, 0.717) is 0 Å². The molecular formula is C12H16NO. The van der Waals surface area contributed by atoms with Gasteiger partial charge in [-0.25, -0.2) is 0 Å². The largest absolute Gasteiger partial charge is 0.390 e. The summed E-state index contributed by atoms with van der Waals surface area (Å²) < 4.78 is 0. The van der Waals surface area contributed by atoms with Gasteiger partial charge in [-0.15, -0.1) is 0 Å². The Hall–Kier alpha value is -1.31. The van der Waals surface area contributed by atoms with Gasteiger partial charge in [-0.1, -0.05) is 29.4 Å². The van der Waals surface area contributed by atoms with Gasteiger partial charge in [-0.2, -0.15) is 0 Å². The molecule has 2 heteroatoms. The van der Waals surface area contributed by atoms with Crippen molar-refractivity contribution in [3.05, 3.63) is 35.4 Å². The molecule has 75 valence electrons. The summed E-state index contributed by atoms with van der Waals surface area (Å²) in [6.45, 7) is 7.89. The van der Waals surface area contributed by atoms with Crippen LogP contribution in [0.1, 0.15) is 31.9 Å². The lowest BCUT2D eigenvalue weighted by atomic mass is 10.1. The topological polar surface area (TPSA) is 21.6 Å². The van der Waals surface area contributed by atoms with Crippen LogP contribution in [0, 0.1) is 6.92 Å². The van der Waals surface area contributed by atoms with Crippen LogP contribution in [0.15, 0.2) is 29.4 Å². The Balaban J connectivity index is 2.65. The molecule has 14 heavy (non-hydrogen) atoms. The zero-order chi connectivity index (χ0) is 10.6. The average Bonchev–Trinajstić information content (AvgIpc) is 2.06. The maximum absolute atomic E-state index is 5.20. The maximum atomic E-state index is 5.20. The second-order valence-corrected chi connectivity index (χ2v) is 4.22. The molecule has 0 N–H and O–H groups in total. The molecule has 0 fully saturated rings. The minimum absolute atomic E-state index is 0.254. The van der Waals surface area contributed by atoms with Gasteiger partial charge in [0.25, 0.3) is 0 Å². The molecule has 1 aromatic carbocycles. The lowest BCUT2D eigenvalue weighted by Crippen LogP contribution is -2.15. The quantitative estimate of drug-likeness (QED) is 0.519. The molecule has 1 aromatic rings. The van der Waals surface area contributed by atoms with Crippen molar-refractivity contribution >= 4 is 6.21 Å². The SMILES string of the molecule is Cc1ccccc1/[C]=N/OC(C)(C)C. The molecule has 0 saturated carbocycles. The highest BCUT2D eigenvalue weighted by Crippen LogP contribution is 2.08. The summed E-state index contributed by atoms with van der Waals surface area (Å²) >= 11 is 0. The summed E-state index contributed by atoms with van der Waals surface area (Å²) in [4.78, 5) is 5.20. The first-order valence-electron chi connectivity index (χ1n) is 4.69. The first-order chi connectivity index (χ1) is 6.49. The minimum atomic E-state index is -0.254. The van der Waals surface area contributed by atoms with Gasteiger partial charge >= 0.3 is 0 Å². The highest BCUT2D eigenvalue weighted by atomic mass is 16.6. The van der Waals surface area contributed by atoms with Crippen LogP contribution in [0.5, 0.6) is 0 Å². The molecule has 0 unspecified atom stereocenters. The summed E-state index contributed by atoms with van der Waals surface area (Å²) in [6.07, 6.45) is 2.87. The van der Waals surface area contributed by atoms with E-state index < -0.39 is 0 Å². The molecular weight excluding hydrogens is 174 g/mol. The Morgan fingerprint density at radius 2 is 1.86 bits per heavy atom. The van der Waals surface area contributed by atoms with Crippen molar-refractivity contribution in [1.29, 1.82) is 0 Å². The van der Waals surface area contributed by atoms with Crippen LogP contribution < -0.4 is 0 Å². The van der Waals surface area contributed by atoms with E-state index in [9.17, 15) is 0 Å². The normalized spacial score (nSPS) is 12.0. The Morgan fingerprint density at radius 3 is 2.43 bits per heavy atom. The van der Waals surface area contributed by atoms with E-state index >= 15 is 0 Å². The summed E-state index contributed by atoms with van der Waals surface area (Å²) in [7, 11) is 0. The third-order valence-electron chi connectivity index (χ3n) is 1.63. The monoisotopic (exact) mass is 190 g/mol. The molecule has 2 nitrogen and oxygen atoms in total. The highest BCUT2D eigenvalue weighted by Gasteiger charge is 2.09. The summed E-state index contributed by atoms with van der Waals surface area (Å²) in [5.74, 6) is 0. The molecule has 0 amide bonds. The fraction of sp³-hybridized carbons (Fsp3) is 0.417. The highest BCUT2D eigenvalue weighted by molar-refractivity contribution is 5.81. The van der Waals surface area contributed by atoms with Crippen LogP contribution in [0.3, 0.4) is 0 Å². The lowest BCUT2D eigenvalue weighted by Gasteiger charge is -2.14. The molecule has 0 heterocycles. The number of rotatable bonds is 2. The van der Waals surface area contributed by atoms with Crippen LogP contribution in [0.4, 0.5) is 0 Å². The zero-order valence-corrected chi connectivity index (χ0v) is 9.16. The first-order valence-corrected chi connectivity index (χ1v) is 4.69. The van der Waals surface area contributed by atoms with E-state index in [1.807, 2.05) is 52.0 Å². The fourth-order valence-electron chi connectivity index (χ4n) is 0.907. The predicted octanol–water partition coefficient (Wildman–Crippen LogP) is 3.02. The summed E-state index contributed by atoms with van der Waals surface area (Å²) in [5, 5.41) is 3.82. The van der Waals surface area contributed by atoms with Crippen LogP contribution in [-0.4, -0.2) is 11.8 Å². The smallest absolute Gasteiger partial charge is 0.139 e. The number of hydrogen-bond donors (Lipinski definition) is 0. The fourth-order valence-corrected chi connectivity index (χ4v) is 0.907. The average molecular weight is 190 g/mol. The second kappa shape index (κ2) is 4.27. The van der Waals surface area contributed by atoms with Crippen molar-refractivity contribution in [3.63, 3.8) is 0 Å². The Bertz CT molecular complexity index is 323.